The summed E-state index contributed by atoms with van der Waals surface area (Å²) in [5.74, 6) is 0.719. The van der Waals surface area contributed by atoms with Crippen molar-refractivity contribution in [2.75, 3.05) is 18.8 Å². The first-order valence-electron chi connectivity index (χ1n) is 4.13. The number of nitrogens with one attached hydrogen (secondary N) is 2. The summed E-state index contributed by atoms with van der Waals surface area (Å²) in [6.45, 7) is 0.998. The van der Waals surface area contributed by atoms with Crippen molar-refractivity contribution in [2.45, 2.75) is 6.42 Å². The molecule has 1 aromatic heterocycles. The van der Waals surface area contributed by atoms with E-state index in [-0.39, 0.29) is 5.75 Å². The Morgan fingerprint density at radius 2 is 2.29 bits per heavy atom. The fourth-order valence-electron chi connectivity index (χ4n) is 0.897. The molecule has 0 radical (unpaired) electrons. The second-order valence-electron chi connectivity index (χ2n) is 2.80. The molecular weight excluding hydrogens is 206 g/mol. The van der Waals surface area contributed by atoms with Gasteiger partial charge in [0, 0.05) is 19.5 Å². The number of hydrogen-bond donors (Lipinski definition) is 3. The van der Waals surface area contributed by atoms with E-state index in [0.717, 1.165) is 5.82 Å². The van der Waals surface area contributed by atoms with Crippen molar-refractivity contribution >= 4 is 10.0 Å². The molecule has 0 aromatic carbocycles. The van der Waals surface area contributed by atoms with Crippen LogP contribution in [-0.2, 0) is 16.4 Å². The highest BCUT2D eigenvalue weighted by molar-refractivity contribution is 7.89. The van der Waals surface area contributed by atoms with Gasteiger partial charge >= 0.3 is 0 Å². The van der Waals surface area contributed by atoms with Crippen molar-refractivity contribution in [3.63, 3.8) is 0 Å². The van der Waals surface area contributed by atoms with Crippen LogP contribution in [0, 0.1) is 0 Å². The molecule has 0 bridgehead atoms. The number of primary sulfonamides is 1. The van der Waals surface area contributed by atoms with E-state index in [0.29, 0.717) is 19.5 Å². The fourth-order valence-corrected chi connectivity index (χ4v) is 1.33. The number of sulfonamides is 1. The molecule has 0 fully saturated rings. The van der Waals surface area contributed by atoms with E-state index < -0.39 is 10.0 Å². The van der Waals surface area contributed by atoms with Gasteiger partial charge in [0.05, 0.1) is 5.75 Å². The van der Waals surface area contributed by atoms with Gasteiger partial charge in [-0.2, -0.15) is 5.10 Å². The van der Waals surface area contributed by atoms with Gasteiger partial charge in [-0.3, -0.25) is 5.10 Å². The topological polar surface area (TPSA) is 114 Å². The van der Waals surface area contributed by atoms with Crippen molar-refractivity contribution in [1.82, 2.24) is 20.5 Å². The Hall–Kier alpha value is -0.990. The zero-order chi connectivity index (χ0) is 10.4. The number of aromatic nitrogens is 3. The SMILES string of the molecule is NS(=O)(=O)CCNCCc1ncn[nH]1. The van der Waals surface area contributed by atoms with E-state index in [1.807, 2.05) is 0 Å². The van der Waals surface area contributed by atoms with Crippen molar-refractivity contribution in [2.24, 2.45) is 5.14 Å². The number of H-pyrrole nitrogens is 1. The molecule has 0 aliphatic carbocycles. The predicted octanol–water partition coefficient (Wildman–Crippen LogP) is -1.77. The van der Waals surface area contributed by atoms with Gasteiger partial charge in [-0.1, -0.05) is 0 Å². The van der Waals surface area contributed by atoms with Gasteiger partial charge in [-0.25, -0.2) is 18.5 Å². The molecule has 0 aliphatic heterocycles. The van der Waals surface area contributed by atoms with Crippen LogP contribution in [0.2, 0.25) is 0 Å². The third-order valence-corrected chi connectivity index (χ3v) is 2.34. The van der Waals surface area contributed by atoms with Gasteiger partial charge < -0.3 is 5.32 Å². The first-order chi connectivity index (χ1) is 6.58. The van der Waals surface area contributed by atoms with Gasteiger partial charge in [0.15, 0.2) is 0 Å². The highest BCUT2D eigenvalue weighted by atomic mass is 32.2. The molecule has 0 amide bonds. The molecule has 14 heavy (non-hydrogen) atoms. The Balaban J connectivity index is 2.06. The molecule has 0 saturated heterocycles. The maximum Gasteiger partial charge on any atom is 0.210 e. The summed E-state index contributed by atoms with van der Waals surface area (Å²) >= 11 is 0. The lowest BCUT2D eigenvalue weighted by Crippen LogP contribution is -2.28. The normalized spacial score (nSPS) is 11.8. The largest absolute Gasteiger partial charge is 0.315 e. The molecule has 0 unspecified atom stereocenters. The van der Waals surface area contributed by atoms with Crippen molar-refractivity contribution in [3.8, 4) is 0 Å². The van der Waals surface area contributed by atoms with Crippen LogP contribution in [0.3, 0.4) is 0 Å². The summed E-state index contributed by atoms with van der Waals surface area (Å²) in [5.41, 5.74) is 0. The summed E-state index contributed by atoms with van der Waals surface area (Å²) in [6.07, 6.45) is 2.12. The average molecular weight is 219 g/mol. The number of rotatable bonds is 6. The summed E-state index contributed by atoms with van der Waals surface area (Å²) in [7, 11) is -3.36. The molecule has 1 rings (SSSR count). The Morgan fingerprint density at radius 1 is 1.50 bits per heavy atom. The number of hydrogen-bond acceptors (Lipinski definition) is 5. The fraction of sp³-hybridized carbons (Fsp3) is 0.667. The first kappa shape index (κ1) is 11.1. The lowest BCUT2D eigenvalue weighted by molar-refractivity contribution is 0.592. The third-order valence-electron chi connectivity index (χ3n) is 1.57. The number of nitrogens with zero attached hydrogens (tertiary/aromatic N) is 2. The van der Waals surface area contributed by atoms with E-state index in [2.05, 4.69) is 20.5 Å². The van der Waals surface area contributed by atoms with Crippen LogP contribution in [-0.4, -0.2) is 42.4 Å². The summed E-state index contributed by atoms with van der Waals surface area (Å²) in [6, 6.07) is 0. The van der Waals surface area contributed by atoms with Gasteiger partial charge in [-0.15, -0.1) is 0 Å². The Kier molecular flexibility index (Phi) is 3.98. The zero-order valence-corrected chi connectivity index (χ0v) is 8.42. The third kappa shape index (κ3) is 4.90. The van der Waals surface area contributed by atoms with Crippen LogP contribution in [0.15, 0.2) is 6.33 Å². The van der Waals surface area contributed by atoms with Crippen molar-refractivity contribution in [3.05, 3.63) is 12.2 Å². The molecule has 1 heterocycles. The van der Waals surface area contributed by atoms with Gasteiger partial charge in [0.1, 0.15) is 12.2 Å². The lowest BCUT2D eigenvalue weighted by Gasteiger charge is -2.01. The predicted molar refractivity (Wildman–Crippen MR) is 50.9 cm³/mol. The second kappa shape index (κ2) is 5.03. The zero-order valence-electron chi connectivity index (χ0n) is 7.60. The van der Waals surface area contributed by atoms with Gasteiger partial charge in [0.2, 0.25) is 10.0 Å². The molecule has 0 spiro atoms. The lowest BCUT2D eigenvalue weighted by atomic mass is 10.4. The maximum atomic E-state index is 10.5. The van der Waals surface area contributed by atoms with Crippen LogP contribution in [0.4, 0.5) is 0 Å². The van der Waals surface area contributed by atoms with Crippen LogP contribution >= 0.6 is 0 Å². The first-order valence-corrected chi connectivity index (χ1v) is 5.85. The van der Waals surface area contributed by atoms with Crippen molar-refractivity contribution < 1.29 is 8.42 Å². The van der Waals surface area contributed by atoms with E-state index in [1.165, 1.54) is 6.33 Å². The average Bonchev–Trinajstić information content (AvgIpc) is 2.54. The van der Waals surface area contributed by atoms with Crippen LogP contribution in [0.5, 0.6) is 0 Å². The van der Waals surface area contributed by atoms with Crippen LogP contribution in [0.1, 0.15) is 5.82 Å². The summed E-state index contributed by atoms with van der Waals surface area (Å²) < 4.78 is 21.1. The van der Waals surface area contributed by atoms with E-state index in [4.69, 9.17) is 5.14 Å². The highest BCUT2D eigenvalue weighted by Crippen LogP contribution is 1.85. The molecule has 4 N–H and O–H groups in total. The summed E-state index contributed by atoms with van der Waals surface area (Å²) in [5, 5.41) is 14.1. The molecule has 0 atom stereocenters. The molecule has 0 saturated carbocycles. The minimum Gasteiger partial charge on any atom is -0.315 e. The Labute approximate surface area is 82.2 Å². The standard InChI is InChI=1S/C6H13N5O2S/c7-14(12,13)4-3-8-2-1-6-9-5-10-11-6/h5,8H,1-4H2,(H2,7,12,13)(H,9,10,11). The van der Waals surface area contributed by atoms with Gasteiger partial charge in [0.25, 0.3) is 0 Å². The maximum absolute atomic E-state index is 10.5. The smallest absolute Gasteiger partial charge is 0.210 e. The Bertz CT molecular complexity index is 346. The summed E-state index contributed by atoms with van der Waals surface area (Å²) in [4.78, 5) is 3.91. The molecule has 7 nitrogen and oxygen atoms in total. The monoisotopic (exact) mass is 219 g/mol. The van der Waals surface area contributed by atoms with E-state index in [1.54, 1.807) is 0 Å². The van der Waals surface area contributed by atoms with E-state index in [9.17, 15) is 8.42 Å². The van der Waals surface area contributed by atoms with Crippen LogP contribution in [0.25, 0.3) is 0 Å². The second-order valence-corrected chi connectivity index (χ2v) is 4.53. The molecule has 8 heteroatoms. The molecule has 0 aliphatic rings. The van der Waals surface area contributed by atoms with Crippen molar-refractivity contribution in [1.29, 1.82) is 0 Å². The van der Waals surface area contributed by atoms with E-state index >= 15 is 0 Å². The molecule has 1 aromatic rings. The molecule has 80 valence electrons. The minimum absolute atomic E-state index is 0.0522. The quantitative estimate of drug-likeness (QED) is 0.490. The number of aromatic amines is 1. The minimum atomic E-state index is -3.36. The molecular formula is C6H13N5O2S. The number of nitrogens with two attached hydrogens (primary N) is 1. The van der Waals surface area contributed by atoms with Crippen LogP contribution < -0.4 is 10.5 Å². The van der Waals surface area contributed by atoms with Gasteiger partial charge in [-0.05, 0) is 0 Å². The highest BCUT2D eigenvalue weighted by Gasteiger charge is 2.01. The Morgan fingerprint density at radius 3 is 2.86 bits per heavy atom.